The minimum atomic E-state index is -0.854. The van der Waals surface area contributed by atoms with Crippen molar-refractivity contribution in [2.45, 2.75) is 45.6 Å². The van der Waals surface area contributed by atoms with E-state index in [0.717, 1.165) is 24.8 Å². The van der Waals surface area contributed by atoms with Crippen LogP contribution in [0, 0.1) is 16.7 Å². The first-order valence-corrected chi connectivity index (χ1v) is 8.10. The van der Waals surface area contributed by atoms with E-state index in [2.05, 4.69) is 11.4 Å². The molecule has 1 amide bonds. The van der Waals surface area contributed by atoms with Crippen LogP contribution in [0.2, 0.25) is 5.02 Å². The maximum atomic E-state index is 12.4. The molecule has 1 fully saturated rings. The molecular weight excluding hydrogens is 300 g/mol. The molecule has 1 N–H and O–H groups in total. The molecule has 1 aromatic rings. The molecule has 0 aliphatic heterocycles. The number of nitriles is 1. The van der Waals surface area contributed by atoms with Crippen LogP contribution in [0.3, 0.4) is 0 Å². The lowest BCUT2D eigenvalue weighted by Gasteiger charge is -2.29. The summed E-state index contributed by atoms with van der Waals surface area (Å²) in [7, 11) is 0. The van der Waals surface area contributed by atoms with Gasteiger partial charge in [0.05, 0.1) is 17.7 Å². The summed E-state index contributed by atoms with van der Waals surface area (Å²) in [5.74, 6) is 0.472. The SMILES string of the molecule is CCOc1ccc(CNC(=O)C2(C#N)CCCCC2)cc1Cl. The third kappa shape index (κ3) is 3.72. The highest BCUT2D eigenvalue weighted by molar-refractivity contribution is 6.32. The standard InChI is InChI=1S/C17H21ClN2O2/c1-2-22-15-7-6-13(10-14(15)18)11-20-16(21)17(12-19)8-4-3-5-9-17/h6-7,10H,2-5,8-9,11H2,1H3,(H,20,21). The first-order valence-electron chi connectivity index (χ1n) is 7.72. The molecule has 0 aromatic heterocycles. The molecule has 4 nitrogen and oxygen atoms in total. The number of benzene rings is 1. The quantitative estimate of drug-likeness (QED) is 0.896. The normalized spacial score (nSPS) is 16.6. The Labute approximate surface area is 136 Å². The van der Waals surface area contributed by atoms with E-state index in [1.165, 1.54) is 0 Å². The molecule has 1 aromatic carbocycles. The van der Waals surface area contributed by atoms with Crippen LogP contribution in [0.5, 0.6) is 5.75 Å². The molecule has 0 atom stereocenters. The van der Waals surface area contributed by atoms with E-state index >= 15 is 0 Å². The van der Waals surface area contributed by atoms with Gasteiger partial charge in [0.2, 0.25) is 5.91 Å². The van der Waals surface area contributed by atoms with Gasteiger partial charge in [-0.15, -0.1) is 0 Å². The molecule has 0 saturated heterocycles. The summed E-state index contributed by atoms with van der Waals surface area (Å²) < 4.78 is 5.38. The maximum Gasteiger partial charge on any atom is 0.240 e. The van der Waals surface area contributed by atoms with Crippen LogP contribution in [0.1, 0.15) is 44.6 Å². The van der Waals surface area contributed by atoms with Gasteiger partial charge in [-0.3, -0.25) is 4.79 Å². The third-order valence-corrected chi connectivity index (χ3v) is 4.40. The Balaban J connectivity index is 1.99. The molecule has 1 saturated carbocycles. The number of carbonyl (C=O) groups is 1. The van der Waals surface area contributed by atoms with Crippen molar-refractivity contribution in [3.63, 3.8) is 0 Å². The Hall–Kier alpha value is -1.73. The minimum absolute atomic E-state index is 0.167. The van der Waals surface area contributed by atoms with Crippen molar-refractivity contribution in [3.8, 4) is 11.8 Å². The summed E-state index contributed by atoms with van der Waals surface area (Å²) in [4.78, 5) is 12.4. The number of rotatable bonds is 5. The van der Waals surface area contributed by atoms with Crippen molar-refractivity contribution < 1.29 is 9.53 Å². The molecule has 0 unspecified atom stereocenters. The summed E-state index contributed by atoms with van der Waals surface area (Å²) in [5, 5.41) is 12.8. The van der Waals surface area contributed by atoms with Gasteiger partial charge in [0.15, 0.2) is 0 Å². The summed E-state index contributed by atoms with van der Waals surface area (Å²) in [5.41, 5.74) is 0.0403. The van der Waals surface area contributed by atoms with Crippen molar-refractivity contribution in [1.29, 1.82) is 5.26 Å². The lowest BCUT2D eigenvalue weighted by Crippen LogP contribution is -2.41. The van der Waals surface area contributed by atoms with E-state index in [-0.39, 0.29) is 5.91 Å². The van der Waals surface area contributed by atoms with Gasteiger partial charge in [-0.25, -0.2) is 0 Å². The fourth-order valence-electron chi connectivity index (χ4n) is 2.82. The third-order valence-electron chi connectivity index (χ3n) is 4.10. The Morgan fingerprint density at radius 3 is 2.73 bits per heavy atom. The number of halogens is 1. The molecule has 2 rings (SSSR count). The number of hydrogen-bond donors (Lipinski definition) is 1. The molecule has 1 aliphatic rings. The molecule has 0 radical (unpaired) electrons. The van der Waals surface area contributed by atoms with Gasteiger partial charge in [-0.05, 0) is 37.5 Å². The Morgan fingerprint density at radius 1 is 1.41 bits per heavy atom. The van der Waals surface area contributed by atoms with E-state index < -0.39 is 5.41 Å². The van der Waals surface area contributed by atoms with E-state index in [9.17, 15) is 10.1 Å². The summed E-state index contributed by atoms with van der Waals surface area (Å²) >= 11 is 6.14. The minimum Gasteiger partial charge on any atom is -0.492 e. The first-order chi connectivity index (χ1) is 10.6. The highest BCUT2D eigenvalue weighted by Crippen LogP contribution is 2.36. The van der Waals surface area contributed by atoms with Crippen LogP contribution in [-0.2, 0) is 11.3 Å². The first kappa shape index (κ1) is 16.6. The highest BCUT2D eigenvalue weighted by Gasteiger charge is 2.39. The van der Waals surface area contributed by atoms with Crippen LogP contribution in [0.4, 0.5) is 0 Å². The van der Waals surface area contributed by atoms with Crippen LogP contribution < -0.4 is 10.1 Å². The van der Waals surface area contributed by atoms with Crippen LogP contribution >= 0.6 is 11.6 Å². The number of ether oxygens (including phenoxy) is 1. The molecule has 0 spiro atoms. The summed E-state index contributed by atoms with van der Waals surface area (Å²) in [6.45, 7) is 2.82. The van der Waals surface area contributed by atoms with Crippen LogP contribution in [0.15, 0.2) is 18.2 Å². The predicted octanol–water partition coefficient (Wildman–Crippen LogP) is 3.83. The number of hydrogen-bond acceptors (Lipinski definition) is 3. The molecule has 22 heavy (non-hydrogen) atoms. The average molecular weight is 321 g/mol. The molecule has 0 heterocycles. The van der Waals surface area contributed by atoms with Gasteiger partial charge in [0.25, 0.3) is 0 Å². The van der Waals surface area contributed by atoms with E-state index in [0.29, 0.717) is 36.8 Å². The van der Waals surface area contributed by atoms with E-state index in [1.54, 1.807) is 12.1 Å². The van der Waals surface area contributed by atoms with Gasteiger partial charge >= 0.3 is 0 Å². The molecule has 0 bridgehead atoms. The smallest absolute Gasteiger partial charge is 0.240 e. The molecular formula is C17H21ClN2O2. The monoisotopic (exact) mass is 320 g/mol. The average Bonchev–Trinajstić information content (AvgIpc) is 2.55. The Kier molecular flexibility index (Phi) is 5.68. The number of carbonyl (C=O) groups excluding carboxylic acids is 1. The van der Waals surface area contributed by atoms with Gasteiger partial charge in [-0.1, -0.05) is 36.9 Å². The lowest BCUT2D eigenvalue weighted by atomic mass is 9.74. The maximum absolute atomic E-state index is 12.4. The number of nitrogens with zero attached hydrogens (tertiary/aromatic N) is 1. The van der Waals surface area contributed by atoms with Crippen LogP contribution in [0.25, 0.3) is 0 Å². The van der Waals surface area contributed by atoms with Gasteiger partial charge in [0, 0.05) is 6.54 Å². The molecule has 1 aliphatic carbocycles. The second-order valence-corrected chi connectivity index (χ2v) is 6.04. The summed E-state index contributed by atoms with van der Waals surface area (Å²) in [6, 6.07) is 7.69. The zero-order chi connectivity index (χ0) is 16.0. The number of amides is 1. The largest absolute Gasteiger partial charge is 0.492 e. The highest BCUT2D eigenvalue weighted by atomic mass is 35.5. The van der Waals surface area contributed by atoms with E-state index in [4.69, 9.17) is 16.3 Å². The zero-order valence-electron chi connectivity index (χ0n) is 12.8. The number of nitrogens with one attached hydrogen (secondary N) is 1. The van der Waals surface area contributed by atoms with Gasteiger partial charge in [-0.2, -0.15) is 5.26 Å². The lowest BCUT2D eigenvalue weighted by molar-refractivity contribution is -0.129. The van der Waals surface area contributed by atoms with E-state index in [1.807, 2.05) is 13.0 Å². The van der Waals surface area contributed by atoms with Crippen molar-refractivity contribution in [3.05, 3.63) is 28.8 Å². The van der Waals surface area contributed by atoms with Crippen molar-refractivity contribution in [1.82, 2.24) is 5.32 Å². The second kappa shape index (κ2) is 7.51. The zero-order valence-corrected chi connectivity index (χ0v) is 13.6. The Morgan fingerprint density at radius 2 is 2.14 bits per heavy atom. The van der Waals surface area contributed by atoms with Crippen molar-refractivity contribution in [2.75, 3.05) is 6.61 Å². The fourth-order valence-corrected chi connectivity index (χ4v) is 3.08. The van der Waals surface area contributed by atoms with Crippen molar-refractivity contribution >= 4 is 17.5 Å². The van der Waals surface area contributed by atoms with Gasteiger partial charge < -0.3 is 10.1 Å². The summed E-state index contributed by atoms with van der Waals surface area (Å²) in [6.07, 6.45) is 4.29. The Bertz CT molecular complexity index is 575. The molecule has 5 heteroatoms. The topological polar surface area (TPSA) is 62.1 Å². The second-order valence-electron chi connectivity index (χ2n) is 5.64. The fraction of sp³-hybridized carbons (Fsp3) is 0.529. The predicted molar refractivity (Wildman–Crippen MR) is 85.6 cm³/mol. The van der Waals surface area contributed by atoms with Crippen molar-refractivity contribution in [2.24, 2.45) is 5.41 Å². The van der Waals surface area contributed by atoms with Gasteiger partial charge in [0.1, 0.15) is 11.2 Å². The van der Waals surface area contributed by atoms with Crippen LogP contribution in [-0.4, -0.2) is 12.5 Å². The molecule has 118 valence electrons.